The quantitative estimate of drug-likeness (QED) is 0.430. The molecule has 3 aromatic rings. The third-order valence-electron chi connectivity index (χ3n) is 5.04. The van der Waals surface area contributed by atoms with E-state index in [1.807, 2.05) is 35.8 Å². The molecule has 8 nitrogen and oxygen atoms in total. The monoisotopic (exact) mass is 397 g/mol. The predicted octanol–water partition coefficient (Wildman–Crippen LogP) is 3.56. The van der Waals surface area contributed by atoms with Gasteiger partial charge in [-0.3, -0.25) is 0 Å². The molecule has 0 bridgehead atoms. The molecule has 0 radical (unpaired) electrons. The number of nitrogens with two attached hydrogens (primary N) is 1. The maximum atomic E-state index is 10.4. The minimum Gasteiger partial charge on any atom is -0.398 e. The second-order valence-electron chi connectivity index (χ2n) is 8.12. The van der Waals surface area contributed by atoms with E-state index in [0.29, 0.717) is 23.8 Å². The second-order valence-corrected chi connectivity index (χ2v) is 8.12. The first-order valence-electron chi connectivity index (χ1n) is 10.0. The van der Waals surface area contributed by atoms with E-state index in [9.17, 15) is 5.11 Å². The van der Waals surface area contributed by atoms with E-state index >= 15 is 0 Å². The number of aliphatic hydroxyl groups is 1. The average Bonchev–Trinajstić information content (AvgIpc) is 3.08. The van der Waals surface area contributed by atoms with Crippen LogP contribution < -0.4 is 16.4 Å². The van der Waals surface area contributed by atoms with Crippen LogP contribution in [-0.4, -0.2) is 36.3 Å². The Kier molecular flexibility index (Phi) is 5.93. The van der Waals surface area contributed by atoms with Crippen molar-refractivity contribution >= 4 is 28.6 Å². The molecule has 0 aliphatic heterocycles. The molecule has 0 fully saturated rings. The van der Waals surface area contributed by atoms with Gasteiger partial charge in [-0.2, -0.15) is 9.97 Å². The van der Waals surface area contributed by atoms with Crippen LogP contribution in [-0.2, 0) is 6.54 Å². The molecule has 5 N–H and O–H groups in total. The van der Waals surface area contributed by atoms with Gasteiger partial charge in [0.25, 0.3) is 0 Å². The minimum atomic E-state index is -0.905. The lowest BCUT2D eigenvalue weighted by Gasteiger charge is -2.29. The Morgan fingerprint density at radius 3 is 2.55 bits per heavy atom. The SMILES string of the molecule is CCC(Nc1nc(NCc2ccccc2N)c2ncn(C(C)C)c2n1)C(C)(C)O. The Morgan fingerprint density at radius 2 is 1.93 bits per heavy atom. The Morgan fingerprint density at radius 1 is 1.21 bits per heavy atom. The van der Waals surface area contributed by atoms with Crippen molar-refractivity contribution in [3.63, 3.8) is 0 Å². The molecule has 29 heavy (non-hydrogen) atoms. The number of imidazole rings is 1. The zero-order valence-corrected chi connectivity index (χ0v) is 17.8. The van der Waals surface area contributed by atoms with Gasteiger partial charge in [0.2, 0.25) is 5.95 Å². The molecular weight excluding hydrogens is 366 g/mol. The van der Waals surface area contributed by atoms with Crippen LogP contribution in [0.2, 0.25) is 0 Å². The predicted molar refractivity (Wildman–Crippen MR) is 118 cm³/mol. The highest BCUT2D eigenvalue weighted by molar-refractivity contribution is 5.84. The molecule has 0 aliphatic carbocycles. The van der Waals surface area contributed by atoms with Crippen LogP contribution in [0.15, 0.2) is 30.6 Å². The van der Waals surface area contributed by atoms with E-state index in [1.165, 1.54) is 0 Å². The summed E-state index contributed by atoms with van der Waals surface area (Å²) >= 11 is 0. The number of nitrogens with one attached hydrogen (secondary N) is 2. The van der Waals surface area contributed by atoms with Gasteiger partial charge in [0.15, 0.2) is 17.0 Å². The summed E-state index contributed by atoms with van der Waals surface area (Å²) in [4.78, 5) is 13.9. The van der Waals surface area contributed by atoms with E-state index < -0.39 is 5.60 Å². The standard InChI is InChI=1S/C21H31N7O/c1-6-16(21(4,5)29)25-20-26-18(23-11-14-9-7-8-10-15(14)22)17-19(27-20)28(12-24-17)13(2)3/h7-10,12-13,16,29H,6,11,22H2,1-5H3,(H2,23,25,26,27). The summed E-state index contributed by atoms with van der Waals surface area (Å²) in [5.74, 6) is 1.09. The van der Waals surface area contributed by atoms with Gasteiger partial charge in [0, 0.05) is 18.3 Å². The van der Waals surface area contributed by atoms with Crippen LogP contribution in [0, 0.1) is 0 Å². The maximum absolute atomic E-state index is 10.4. The zero-order valence-electron chi connectivity index (χ0n) is 17.8. The summed E-state index contributed by atoms with van der Waals surface area (Å²) in [5.41, 5.74) is 8.32. The van der Waals surface area contributed by atoms with E-state index in [2.05, 4.69) is 34.4 Å². The molecule has 2 heterocycles. The van der Waals surface area contributed by atoms with Gasteiger partial charge in [0.05, 0.1) is 18.0 Å². The molecule has 156 valence electrons. The van der Waals surface area contributed by atoms with Crippen LogP contribution in [0.4, 0.5) is 17.5 Å². The van der Waals surface area contributed by atoms with Gasteiger partial charge < -0.3 is 26.0 Å². The van der Waals surface area contributed by atoms with Crippen molar-refractivity contribution < 1.29 is 5.11 Å². The maximum Gasteiger partial charge on any atom is 0.227 e. The first kappa shape index (κ1) is 20.9. The fourth-order valence-corrected chi connectivity index (χ4v) is 3.29. The summed E-state index contributed by atoms with van der Waals surface area (Å²) in [7, 11) is 0. The highest BCUT2D eigenvalue weighted by atomic mass is 16.3. The van der Waals surface area contributed by atoms with Crippen molar-refractivity contribution in [3.8, 4) is 0 Å². The third kappa shape index (κ3) is 4.59. The fourth-order valence-electron chi connectivity index (χ4n) is 3.29. The van der Waals surface area contributed by atoms with E-state index in [1.54, 1.807) is 20.2 Å². The normalized spacial score (nSPS) is 13.1. The molecule has 8 heteroatoms. The average molecular weight is 398 g/mol. The largest absolute Gasteiger partial charge is 0.398 e. The Labute approximate surface area is 171 Å². The molecule has 2 aromatic heterocycles. The summed E-state index contributed by atoms with van der Waals surface area (Å²) in [6, 6.07) is 7.74. The number of nitrogen functional groups attached to an aromatic ring is 1. The number of nitrogens with zero attached hydrogens (tertiary/aromatic N) is 4. The summed E-state index contributed by atoms with van der Waals surface area (Å²) < 4.78 is 2.01. The topological polar surface area (TPSA) is 114 Å². The summed E-state index contributed by atoms with van der Waals surface area (Å²) in [5, 5.41) is 17.1. The third-order valence-corrected chi connectivity index (χ3v) is 5.04. The summed E-state index contributed by atoms with van der Waals surface area (Å²) in [6.45, 7) is 10.3. The number of benzene rings is 1. The molecule has 0 aliphatic rings. The number of aromatic nitrogens is 4. The second kappa shape index (κ2) is 8.24. The van der Waals surface area contributed by atoms with Gasteiger partial charge in [0.1, 0.15) is 0 Å². The van der Waals surface area contributed by atoms with Crippen LogP contribution in [0.3, 0.4) is 0 Å². The molecule has 1 atom stereocenters. The molecule has 0 amide bonds. The molecule has 0 saturated carbocycles. The van der Waals surface area contributed by atoms with Gasteiger partial charge in [-0.05, 0) is 45.7 Å². The lowest BCUT2D eigenvalue weighted by atomic mass is 9.97. The molecule has 1 unspecified atom stereocenters. The minimum absolute atomic E-state index is 0.187. The Hall–Kier alpha value is -2.87. The van der Waals surface area contributed by atoms with Gasteiger partial charge in [-0.15, -0.1) is 0 Å². The lowest BCUT2D eigenvalue weighted by Crippen LogP contribution is -2.41. The highest BCUT2D eigenvalue weighted by Gasteiger charge is 2.26. The van der Waals surface area contributed by atoms with Gasteiger partial charge in [-0.25, -0.2) is 4.98 Å². The molecular formula is C21H31N7O. The van der Waals surface area contributed by atoms with Crippen molar-refractivity contribution in [2.24, 2.45) is 0 Å². The first-order chi connectivity index (χ1) is 13.7. The number of fused-ring (bicyclic) bond motifs is 1. The van der Waals surface area contributed by atoms with Gasteiger partial charge >= 0.3 is 0 Å². The van der Waals surface area contributed by atoms with Crippen LogP contribution in [0.25, 0.3) is 11.2 Å². The Bertz CT molecular complexity index is 975. The van der Waals surface area contributed by atoms with Crippen molar-refractivity contribution in [1.29, 1.82) is 0 Å². The highest BCUT2D eigenvalue weighted by Crippen LogP contribution is 2.26. The van der Waals surface area contributed by atoms with Crippen molar-refractivity contribution in [2.75, 3.05) is 16.4 Å². The molecule has 0 spiro atoms. The van der Waals surface area contributed by atoms with Crippen molar-refractivity contribution in [2.45, 2.75) is 65.3 Å². The molecule has 1 aromatic carbocycles. The number of hydrogen-bond donors (Lipinski definition) is 4. The van der Waals surface area contributed by atoms with E-state index in [-0.39, 0.29) is 12.1 Å². The van der Waals surface area contributed by atoms with E-state index in [4.69, 9.17) is 10.7 Å². The Balaban J connectivity index is 1.99. The summed E-state index contributed by atoms with van der Waals surface area (Å²) in [6.07, 6.45) is 2.51. The number of para-hydroxylation sites is 1. The first-order valence-corrected chi connectivity index (χ1v) is 10.0. The number of rotatable bonds is 8. The van der Waals surface area contributed by atoms with Crippen LogP contribution in [0.5, 0.6) is 0 Å². The van der Waals surface area contributed by atoms with Crippen LogP contribution >= 0.6 is 0 Å². The number of anilines is 3. The zero-order chi connectivity index (χ0) is 21.2. The van der Waals surface area contributed by atoms with Crippen molar-refractivity contribution in [3.05, 3.63) is 36.2 Å². The smallest absolute Gasteiger partial charge is 0.227 e. The van der Waals surface area contributed by atoms with Gasteiger partial charge in [-0.1, -0.05) is 25.1 Å². The van der Waals surface area contributed by atoms with Crippen LogP contribution in [0.1, 0.15) is 52.6 Å². The number of hydrogen-bond acceptors (Lipinski definition) is 7. The molecule has 0 saturated heterocycles. The molecule has 3 rings (SSSR count). The van der Waals surface area contributed by atoms with Crippen molar-refractivity contribution in [1.82, 2.24) is 19.5 Å². The fraction of sp³-hybridized carbons (Fsp3) is 0.476. The van der Waals surface area contributed by atoms with E-state index in [0.717, 1.165) is 23.3 Å². The lowest BCUT2D eigenvalue weighted by molar-refractivity contribution is 0.0577.